The number of rotatable bonds is 3. The van der Waals surface area contributed by atoms with Gasteiger partial charge in [-0.2, -0.15) is 0 Å². The van der Waals surface area contributed by atoms with Gasteiger partial charge in [-0.3, -0.25) is 0 Å². The van der Waals surface area contributed by atoms with Crippen LogP contribution in [0.5, 0.6) is 0 Å². The van der Waals surface area contributed by atoms with E-state index in [9.17, 15) is 8.42 Å². The van der Waals surface area contributed by atoms with Gasteiger partial charge in [0.1, 0.15) is 0 Å². The second-order valence-electron chi connectivity index (χ2n) is 5.75. The zero-order valence-electron chi connectivity index (χ0n) is 11.9. The Kier molecular flexibility index (Phi) is 3.97. The fourth-order valence-corrected chi connectivity index (χ4v) is 3.34. The molecule has 0 aliphatic rings. The minimum absolute atomic E-state index is 0.284. The summed E-state index contributed by atoms with van der Waals surface area (Å²) in [4.78, 5) is 0.284. The third kappa shape index (κ3) is 3.68. The van der Waals surface area contributed by atoms with Crippen molar-refractivity contribution < 1.29 is 8.42 Å². The number of nitrogens with one attached hydrogen (secondary N) is 1. The van der Waals surface area contributed by atoms with Crippen molar-refractivity contribution in [2.75, 3.05) is 0 Å². The summed E-state index contributed by atoms with van der Waals surface area (Å²) < 4.78 is 27.0. The molecule has 106 valence electrons. The quantitative estimate of drug-likeness (QED) is 0.941. The molecule has 0 aromatic heterocycles. The minimum Gasteiger partial charge on any atom is -0.207 e. The first-order chi connectivity index (χ1) is 9.28. The maximum Gasteiger partial charge on any atom is 0.241 e. The van der Waals surface area contributed by atoms with Crippen molar-refractivity contribution in [3.8, 4) is 11.1 Å². The lowest BCUT2D eigenvalue weighted by molar-refractivity contribution is 0.491. The number of sulfonamides is 1. The Labute approximate surface area is 120 Å². The van der Waals surface area contributed by atoms with Crippen molar-refractivity contribution >= 4 is 10.0 Å². The molecule has 2 aromatic rings. The summed E-state index contributed by atoms with van der Waals surface area (Å²) >= 11 is 0. The molecule has 0 amide bonds. The van der Waals surface area contributed by atoms with Gasteiger partial charge in [-0.1, -0.05) is 42.5 Å². The Balaban J connectivity index is 2.29. The molecule has 2 rings (SSSR count). The van der Waals surface area contributed by atoms with E-state index in [-0.39, 0.29) is 4.90 Å². The van der Waals surface area contributed by atoms with Crippen LogP contribution in [0.15, 0.2) is 59.5 Å². The van der Waals surface area contributed by atoms with Crippen molar-refractivity contribution in [1.29, 1.82) is 0 Å². The summed E-state index contributed by atoms with van der Waals surface area (Å²) in [5.41, 5.74) is 1.58. The summed E-state index contributed by atoms with van der Waals surface area (Å²) in [5.74, 6) is 0. The molecule has 0 aliphatic carbocycles. The summed E-state index contributed by atoms with van der Waals surface area (Å²) in [6, 6.07) is 16.8. The van der Waals surface area contributed by atoms with Gasteiger partial charge >= 0.3 is 0 Å². The Morgan fingerprint density at radius 2 is 1.30 bits per heavy atom. The zero-order chi connectivity index (χ0) is 14.8. The maximum atomic E-state index is 12.2. The highest BCUT2D eigenvalue weighted by Gasteiger charge is 2.21. The highest BCUT2D eigenvalue weighted by atomic mass is 32.2. The van der Waals surface area contributed by atoms with Crippen LogP contribution in [0.3, 0.4) is 0 Å². The summed E-state index contributed by atoms with van der Waals surface area (Å²) in [6.07, 6.45) is 0. The van der Waals surface area contributed by atoms with Gasteiger partial charge in [-0.15, -0.1) is 0 Å². The molecule has 0 saturated carbocycles. The Morgan fingerprint density at radius 1 is 0.800 bits per heavy atom. The van der Waals surface area contributed by atoms with Crippen LogP contribution in [0.2, 0.25) is 0 Å². The SMILES string of the molecule is CC(C)(C)NS(=O)(=O)c1ccc(-c2ccccc2)cc1. The molecule has 0 radical (unpaired) electrons. The van der Waals surface area contributed by atoms with E-state index in [1.165, 1.54) is 0 Å². The van der Waals surface area contributed by atoms with Crippen molar-refractivity contribution in [3.63, 3.8) is 0 Å². The Bertz CT molecular complexity index is 669. The molecule has 3 nitrogen and oxygen atoms in total. The number of hydrogen-bond donors (Lipinski definition) is 1. The van der Waals surface area contributed by atoms with Gasteiger partial charge in [-0.25, -0.2) is 13.1 Å². The molecule has 0 spiro atoms. The predicted octanol–water partition coefficient (Wildman–Crippen LogP) is 3.43. The molecule has 0 fully saturated rings. The molecule has 4 heteroatoms. The van der Waals surface area contributed by atoms with Crippen molar-refractivity contribution in [2.24, 2.45) is 0 Å². The largest absolute Gasteiger partial charge is 0.241 e. The fraction of sp³-hybridized carbons (Fsp3) is 0.250. The van der Waals surface area contributed by atoms with Gasteiger partial charge in [0.15, 0.2) is 0 Å². The third-order valence-corrected chi connectivity index (χ3v) is 4.49. The highest BCUT2D eigenvalue weighted by molar-refractivity contribution is 7.89. The average molecular weight is 289 g/mol. The van der Waals surface area contributed by atoms with E-state index in [4.69, 9.17) is 0 Å². The van der Waals surface area contributed by atoms with E-state index in [0.717, 1.165) is 11.1 Å². The predicted molar refractivity (Wildman–Crippen MR) is 82.0 cm³/mol. The van der Waals surface area contributed by atoms with E-state index in [0.29, 0.717) is 0 Å². The Morgan fingerprint density at radius 3 is 1.80 bits per heavy atom. The molecule has 0 unspecified atom stereocenters. The van der Waals surface area contributed by atoms with Gasteiger partial charge in [0, 0.05) is 5.54 Å². The first kappa shape index (κ1) is 14.8. The first-order valence-electron chi connectivity index (χ1n) is 6.47. The van der Waals surface area contributed by atoms with Gasteiger partial charge < -0.3 is 0 Å². The molecule has 0 bridgehead atoms. The molecule has 0 saturated heterocycles. The molecular weight excluding hydrogens is 270 g/mol. The van der Waals surface area contributed by atoms with Crippen LogP contribution in [-0.4, -0.2) is 14.0 Å². The van der Waals surface area contributed by atoms with Crippen LogP contribution >= 0.6 is 0 Å². The van der Waals surface area contributed by atoms with E-state index >= 15 is 0 Å². The molecule has 0 heterocycles. The minimum atomic E-state index is -3.47. The van der Waals surface area contributed by atoms with Gasteiger partial charge in [0.05, 0.1) is 4.90 Å². The second-order valence-corrected chi connectivity index (χ2v) is 7.43. The molecule has 0 aliphatic heterocycles. The molecule has 20 heavy (non-hydrogen) atoms. The van der Waals surface area contributed by atoms with Crippen molar-refractivity contribution in [2.45, 2.75) is 31.2 Å². The summed E-state index contributed by atoms with van der Waals surface area (Å²) in [5, 5.41) is 0. The first-order valence-corrected chi connectivity index (χ1v) is 7.96. The second kappa shape index (κ2) is 5.38. The monoisotopic (exact) mass is 289 g/mol. The van der Waals surface area contributed by atoms with Crippen LogP contribution in [0.1, 0.15) is 20.8 Å². The van der Waals surface area contributed by atoms with Gasteiger partial charge in [0.25, 0.3) is 0 Å². The van der Waals surface area contributed by atoms with E-state index in [2.05, 4.69) is 4.72 Å². The lowest BCUT2D eigenvalue weighted by atomic mass is 10.1. The summed E-state index contributed by atoms with van der Waals surface area (Å²) in [6.45, 7) is 5.47. The number of hydrogen-bond acceptors (Lipinski definition) is 2. The molecular formula is C16H19NO2S. The van der Waals surface area contributed by atoms with E-state index in [1.54, 1.807) is 12.1 Å². The lowest BCUT2D eigenvalue weighted by Crippen LogP contribution is -2.40. The van der Waals surface area contributed by atoms with Gasteiger partial charge in [-0.05, 0) is 44.0 Å². The highest BCUT2D eigenvalue weighted by Crippen LogP contribution is 2.21. The van der Waals surface area contributed by atoms with Crippen LogP contribution in [-0.2, 0) is 10.0 Å². The maximum absolute atomic E-state index is 12.2. The topological polar surface area (TPSA) is 46.2 Å². The van der Waals surface area contributed by atoms with Crippen molar-refractivity contribution in [3.05, 3.63) is 54.6 Å². The number of benzene rings is 2. The van der Waals surface area contributed by atoms with E-state index in [1.807, 2.05) is 63.2 Å². The smallest absolute Gasteiger partial charge is 0.207 e. The van der Waals surface area contributed by atoms with Crippen molar-refractivity contribution in [1.82, 2.24) is 4.72 Å². The summed E-state index contributed by atoms with van der Waals surface area (Å²) in [7, 11) is -3.47. The molecule has 1 N–H and O–H groups in total. The third-order valence-electron chi connectivity index (χ3n) is 2.71. The fourth-order valence-electron chi connectivity index (χ4n) is 1.92. The zero-order valence-corrected chi connectivity index (χ0v) is 12.7. The van der Waals surface area contributed by atoms with E-state index < -0.39 is 15.6 Å². The molecule has 2 aromatic carbocycles. The lowest BCUT2D eigenvalue weighted by Gasteiger charge is -2.20. The van der Waals surface area contributed by atoms with Crippen LogP contribution in [0, 0.1) is 0 Å². The molecule has 0 atom stereocenters. The van der Waals surface area contributed by atoms with Crippen LogP contribution in [0.4, 0.5) is 0 Å². The standard InChI is InChI=1S/C16H19NO2S/c1-16(2,3)17-20(18,19)15-11-9-14(10-12-15)13-7-5-4-6-8-13/h4-12,17H,1-3H3. The van der Waals surface area contributed by atoms with Gasteiger partial charge in [0.2, 0.25) is 10.0 Å². The average Bonchev–Trinajstić information content (AvgIpc) is 2.37. The Hall–Kier alpha value is -1.65. The van der Waals surface area contributed by atoms with Crippen LogP contribution < -0.4 is 4.72 Å². The normalized spacial score (nSPS) is 12.3. The van der Waals surface area contributed by atoms with Crippen LogP contribution in [0.25, 0.3) is 11.1 Å².